The molecule has 1 aromatic heterocycles. The highest BCUT2D eigenvalue weighted by atomic mass is 32.1. The summed E-state index contributed by atoms with van der Waals surface area (Å²) in [6, 6.07) is 7.92. The summed E-state index contributed by atoms with van der Waals surface area (Å²) in [5, 5.41) is 7.13. The fourth-order valence-corrected chi connectivity index (χ4v) is 6.67. The number of urea groups is 1. The number of anilines is 1. The van der Waals surface area contributed by atoms with E-state index >= 15 is 0 Å². The zero-order valence-corrected chi connectivity index (χ0v) is 22.5. The molecule has 3 heterocycles. The van der Waals surface area contributed by atoms with Crippen LogP contribution in [0.3, 0.4) is 0 Å². The first-order chi connectivity index (χ1) is 17.5. The smallest absolute Gasteiger partial charge is 0.319 e. The Bertz CT molecular complexity index is 1070. The lowest BCUT2D eigenvalue weighted by atomic mass is 9.92. The molecule has 1 atom stereocenters. The molecule has 36 heavy (non-hydrogen) atoms. The Labute approximate surface area is 218 Å². The SMILES string of the molecule is CCNC(=O)Nc1sc2ccccc2c1C(=O)N1CCC(N2CCCC(C(=O)N(CC)CC)C2)CC1. The van der Waals surface area contributed by atoms with E-state index in [1.807, 2.05) is 54.8 Å². The molecule has 2 N–H and O–H groups in total. The molecule has 2 aromatic rings. The third kappa shape index (κ3) is 5.67. The van der Waals surface area contributed by atoms with Gasteiger partial charge in [0.25, 0.3) is 5.91 Å². The van der Waals surface area contributed by atoms with Crippen LogP contribution in [0.2, 0.25) is 0 Å². The van der Waals surface area contributed by atoms with Gasteiger partial charge in [-0.1, -0.05) is 18.2 Å². The quantitative estimate of drug-likeness (QED) is 0.580. The molecule has 2 saturated heterocycles. The van der Waals surface area contributed by atoms with Gasteiger partial charge in [0, 0.05) is 55.4 Å². The summed E-state index contributed by atoms with van der Waals surface area (Å²) < 4.78 is 0.986. The van der Waals surface area contributed by atoms with Crippen LogP contribution in [0.15, 0.2) is 24.3 Å². The molecule has 9 heteroatoms. The number of thiophene rings is 1. The van der Waals surface area contributed by atoms with Crippen LogP contribution in [0.4, 0.5) is 9.80 Å². The van der Waals surface area contributed by atoms with Crippen LogP contribution in [0, 0.1) is 5.92 Å². The second-order valence-electron chi connectivity index (χ2n) is 9.65. The van der Waals surface area contributed by atoms with Gasteiger partial charge in [-0.3, -0.25) is 19.8 Å². The van der Waals surface area contributed by atoms with E-state index < -0.39 is 0 Å². The van der Waals surface area contributed by atoms with E-state index in [-0.39, 0.29) is 23.8 Å². The van der Waals surface area contributed by atoms with Gasteiger partial charge < -0.3 is 15.1 Å². The number of nitrogens with one attached hydrogen (secondary N) is 2. The maximum Gasteiger partial charge on any atom is 0.319 e. The average molecular weight is 514 g/mol. The van der Waals surface area contributed by atoms with Crippen molar-refractivity contribution < 1.29 is 14.4 Å². The minimum atomic E-state index is -0.296. The van der Waals surface area contributed by atoms with Gasteiger partial charge in [-0.15, -0.1) is 11.3 Å². The first-order valence-corrected chi connectivity index (χ1v) is 14.2. The molecular weight excluding hydrogens is 474 g/mol. The van der Waals surface area contributed by atoms with Crippen LogP contribution in [0.5, 0.6) is 0 Å². The number of rotatable bonds is 7. The van der Waals surface area contributed by atoms with Gasteiger partial charge in [-0.05, 0) is 59.1 Å². The van der Waals surface area contributed by atoms with Gasteiger partial charge >= 0.3 is 6.03 Å². The fourth-order valence-electron chi connectivity index (χ4n) is 5.58. The summed E-state index contributed by atoms with van der Waals surface area (Å²) in [5.41, 5.74) is 0.586. The predicted octanol–water partition coefficient (Wildman–Crippen LogP) is 4.23. The molecule has 0 radical (unpaired) electrons. The van der Waals surface area contributed by atoms with Gasteiger partial charge in [0.05, 0.1) is 11.5 Å². The summed E-state index contributed by atoms with van der Waals surface area (Å²) in [6.45, 7) is 11.2. The maximum absolute atomic E-state index is 13.7. The number of nitrogens with zero attached hydrogens (tertiary/aromatic N) is 3. The largest absolute Gasteiger partial charge is 0.343 e. The number of likely N-dealkylation sites (tertiary alicyclic amines) is 2. The van der Waals surface area contributed by atoms with Gasteiger partial charge in [-0.2, -0.15) is 0 Å². The number of piperidine rings is 2. The Morgan fingerprint density at radius 3 is 2.44 bits per heavy atom. The van der Waals surface area contributed by atoms with Crippen molar-refractivity contribution in [2.75, 3.05) is 51.1 Å². The Hall–Kier alpha value is -2.65. The molecule has 1 unspecified atom stereocenters. The van der Waals surface area contributed by atoms with E-state index in [0.717, 1.165) is 61.9 Å². The van der Waals surface area contributed by atoms with Gasteiger partial charge in [0.1, 0.15) is 5.00 Å². The lowest BCUT2D eigenvalue weighted by Crippen LogP contribution is -2.52. The molecule has 4 amide bonds. The van der Waals surface area contributed by atoms with E-state index in [1.54, 1.807) is 0 Å². The van der Waals surface area contributed by atoms with Gasteiger partial charge in [0.15, 0.2) is 0 Å². The van der Waals surface area contributed by atoms with Crippen LogP contribution >= 0.6 is 11.3 Å². The standard InChI is InChI=1S/C27H39N5O3S/c1-4-28-27(35)29-24-23(21-11-7-8-12-22(21)36-24)26(34)31-16-13-20(14-17-31)32-15-9-10-19(18-32)25(33)30(5-2)6-3/h7-8,11-12,19-20H,4-6,9-10,13-18H2,1-3H3,(H2,28,29,35). The van der Waals surface area contributed by atoms with Gasteiger partial charge in [-0.25, -0.2) is 4.79 Å². The van der Waals surface area contributed by atoms with Crippen molar-refractivity contribution >= 4 is 44.3 Å². The number of carbonyl (C=O) groups is 3. The van der Waals surface area contributed by atoms with Crippen LogP contribution in [-0.4, -0.2) is 84.4 Å². The first kappa shape index (κ1) is 26.4. The minimum absolute atomic E-state index is 0.0223. The normalized spacial score (nSPS) is 19.3. The third-order valence-corrected chi connectivity index (χ3v) is 8.61. The lowest BCUT2D eigenvalue weighted by Gasteiger charge is -2.42. The Morgan fingerprint density at radius 1 is 1.03 bits per heavy atom. The lowest BCUT2D eigenvalue weighted by molar-refractivity contribution is -0.137. The average Bonchev–Trinajstić information content (AvgIpc) is 3.26. The van der Waals surface area contributed by atoms with Crippen LogP contribution < -0.4 is 10.6 Å². The summed E-state index contributed by atoms with van der Waals surface area (Å²) in [5.74, 6) is 0.345. The van der Waals surface area contributed by atoms with Crippen molar-refractivity contribution in [2.45, 2.75) is 52.5 Å². The predicted molar refractivity (Wildman–Crippen MR) is 146 cm³/mol. The first-order valence-electron chi connectivity index (χ1n) is 13.3. The van der Waals surface area contributed by atoms with Crippen LogP contribution in [0.25, 0.3) is 10.1 Å². The molecular formula is C27H39N5O3S. The topological polar surface area (TPSA) is 85.0 Å². The zero-order valence-electron chi connectivity index (χ0n) is 21.7. The van der Waals surface area contributed by atoms with E-state index in [2.05, 4.69) is 15.5 Å². The maximum atomic E-state index is 13.7. The molecule has 2 fully saturated rings. The molecule has 2 aliphatic rings. The van der Waals surface area contributed by atoms with Crippen molar-refractivity contribution in [3.63, 3.8) is 0 Å². The highest BCUT2D eigenvalue weighted by molar-refractivity contribution is 7.23. The molecule has 0 bridgehead atoms. The van der Waals surface area contributed by atoms with Crippen molar-refractivity contribution in [1.29, 1.82) is 0 Å². The number of carbonyl (C=O) groups excluding carboxylic acids is 3. The highest BCUT2D eigenvalue weighted by Crippen LogP contribution is 2.37. The van der Waals surface area contributed by atoms with Gasteiger partial charge in [0.2, 0.25) is 5.91 Å². The number of fused-ring (bicyclic) bond motifs is 1. The van der Waals surface area contributed by atoms with Crippen molar-refractivity contribution in [3.05, 3.63) is 29.8 Å². The zero-order chi connectivity index (χ0) is 25.7. The van der Waals surface area contributed by atoms with E-state index in [4.69, 9.17) is 0 Å². The van der Waals surface area contributed by atoms with Crippen molar-refractivity contribution in [3.8, 4) is 0 Å². The van der Waals surface area contributed by atoms with E-state index in [0.29, 0.717) is 36.2 Å². The summed E-state index contributed by atoms with van der Waals surface area (Å²) >= 11 is 1.44. The molecule has 2 aliphatic heterocycles. The third-order valence-electron chi connectivity index (χ3n) is 7.52. The molecule has 0 spiro atoms. The van der Waals surface area contributed by atoms with Crippen molar-refractivity contribution in [2.24, 2.45) is 5.92 Å². The molecule has 0 saturated carbocycles. The number of amides is 4. The summed E-state index contributed by atoms with van der Waals surface area (Å²) in [7, 11) is 0. The minimum Gasteiger partial charge on any atom is -0.343 e. The monoisotopic (exact) mass is 513 g/mol. The van der Waals surface area contributed by atoms with E-state index in [9.17, 15) is 14.4 Å². The fraction of sp³-hybridized carbons (Fsp3) is 0.593. The van der Waals surface area contributed by atoms with Crippen LogP contribution in [0.1, 0.15) is 56.8 Å². The Balaban J connectivity index is 1.42. The van der Waals surface area contributed by atoms with Crippen LogP contribution in [-0.2, 0) is 4.79 Å². The summed E-state index contributed by atoms with van der Waals surface area (Å²) in [6.07, 6.45) is 3.82. The number of benzene rings is 1. The molecule has 8 nitrogen and oxygen atoms in total. The second-order valence-corrected chi connectivity index (χ2v) is 10.7. The molecule has 0 aliphatic carbocycles. The molecule has 196 valence electrons. The summed E-state index contributed by atoms with van der Waals surface area (Å²) in [4.78, 5) is 45.2. The highest BCUT2D eigenvalue weighted by Gasteiger charge is 2.34. The Morgan fingerprint density at radius 2 is 1.75 bits per heavy atom. The van der Waals surface area contributed by atoms with E-state index in [1.165, 1.54) is 11.3 Å². The van der Waals surface area contributed by atoms with Crippen molar-refractivity contribution in [1.82, 2.24) is 20.0 Å². The number of hydrogen-bond acceptors (Lipinski definition) is 5. The molecule has 4 rings (SSSR count). The second kappa shape index (κ2) is 12.1. The molecule has 1 aromatic carbocycles. The Kier molecular flexibility index (Phi) is 8.85. The number of hydrogen-bond donors (Lipinski definition) is 2.